The van der Waals surface area contributed by atoms with E-state index >= 15 is 0 Å². The third-order valence-corrected chi connectivity index (χ3v) is 7.97. The van der Waals surface area contributed by atoms with Crippen molar-refractivity contribution in [2.75, 3.05) is 20.2 Å². The molecule has 28 heavy (non-hydrogen) atoms. The van der Waals surface area contributed by atoms with Gasteiger partial charge in [-0.3, -0.25) is 9.69 Å². The minimum absolute atomic E-state index is 0.0164. The predicted octanol–water partition coefficient (Wildman–Crippen LogP) is 2.90. The molecule has 1 fully saturated rings. The van der Waals surface area contributed by atoms with E-state index in [4.69, 9.17) is 4.74 Å². The van der Waals surface area contributed by atoms with Gasteiger partial charge in [-0.2, -0.15) is 0 Å². The molecule has 0 bridgehead atoms. The van der Waals surface area contributed by atoms with E-state index in [1.807, 2.05) is 31.2 Å². The fraction of sp³-hybridized carbons (Fsp3) is 0.381. The number of benzene rings is 2. The van der Waals surface area contributed by atoms with E-state index in [2.05, 4.69) is 4.90 Å². The van der Waals surface area contributed by atoms with E-state index in [9.17, 15) is 18.3 Å². The number of hydrogen-bond donors (Lipinski definition) is 1. The smallest absolute Gasteiger partial charge is 0.325 e. The minimum atomic E-state index is -4.03. The molecular formula is C21H25NO5S. The predicted molar refractivity (Wildman–Crippen MR) is 106 cm³/mol. The first kappa shape index (κ1) is 20.4. The first-order chi connectivity index (χ1) is 13.3. The van der Waals surface area contributed by atoms with E-state index in [-0.39, 0.29) is 17.7 Å². The summed E-state index contributed by atoms with van der Waals surface area (Å²) in [5.41, 5.74) is 2.31. The highest BCUT2D eigenvalue weighted by atomic mass is 32.2. The van der Waals surface area contributed by atoms with Crippen LogP contribution in [0, 0.1) is 6.92 Å². The topological polar surface area (TPSA) is 83.9 Å². The van der Waals surface area contributed by atoms with Crippen molar-refractivity contribution in [1.29, 1.82) is 0 Å². The summed E-state index contributed by atoms with van der Waals surface area (Å²) in [5, 5.41) is 9.87. The van der Waals surface area contributed by atoms with Crippen LogP contribution in [-0.4, -0.2) is 49.3 Å². The van der Waals surface area contributed by atoms with Crippen LogP contribution < -0.4 is 4.74 Å². The summed E-state index contributed by atoms with van der Waals surface area (Å²) in [5.74, 6) is -0.755. The van der Waals surface area contributed by atoms with Gasteiger partial charge in [-0.15, -0.1) is 0 Å². The first-order valence-electron chi connectivity index (χ1n) is 9.18. The molecule has 1 saturated heterocycles. The van der Waals surface area contributed by atoms with Crippen molar-refractivity contribution in [3.05, 3.63) is 59.7 Å². The summed E-state index contributed by atoms with van der Waals surface area (Å²) in [6.45, 7) is 3.53. The molecule has 1 N–H and O–H groups in total. The van der Waals surface area contributed by atoms with Crippen LogP contribution in [0.2, 0.25) is 0 Å². The van der Waals surface area contributed by atoms with Crippen LogP contribution in [0.3, 0.4) is 0 Å². The Bertz CT molecular complexity index is 928. The van der Waals surface area contributed by atoms with Gasteiger partial charge < -0.3 is 9.84 Å². The zero-order valence-electron chi connectivity index (χ0n) is 16.1. The second-order valence-corrected chi connectivity index (χ2v) is 9.50. The van der Waals surface area contributed by atoms with Crippen molar-refractivity contribution < 1.29 is 23.1 Å². The highest BCUT2D eigenvalue weighted by molar-refractivity contribution is 7.93. The molecule has 0 amide bonds. The number of carboxylic acids is 1. The molecule has 0 spiro atoms. The molecule has 2 aromatic rings. The van der Waals surface area contributed by atoms with Gasteiger partial charge in [-0.1, -0.05) is 29.8 Å². The molecule has 0 unspecified atom stereocenters. The number of likely N-dealkylation sites (tertiary alicyclic amines) is 1. The van der Waals surface area contributed by atoms with Crippen molar-refractivity contribution in [3.8, 4) is 5.75 Å². The molecule has 150 valence electrons. The normalized spacial score (nSPS) is 17.2. The van der Waals surface area contributed by atoms with Gasteiger partial charge in [0.1, 0.15) is 5.75 Å². The van der Waals surface area contributed by atoms with E-state index in [0.29, 0.717) is 25.4 Å². The molecule has 0 atom stereocenters. The van der Waals surface area contributed by atoms with Gasteiger partial charge in [-0.25, -0.2) is 8.42 Å². The average molecular weight is 404 g/mol. The molecule has 1 heterocycles. The number of aryl methyl sites for hydroxylation is 1. The zero-order chi connectivity index (χ0) is 20.4. The summed E-state index contributed by atoms with van der Waals surface area (Å²) in [4.78, 5) is 14.2. The maximum atomic E-state index is 13.2. The number of carboxylic acid groups (broad SMARTS) is 1. The molecule has 0 aliphatic carbocycles. The minimum Gasteiger partial charge on any atom is -0.497 e. The summed E-state index contributed by atoms with van der Waals surface area (Å²) in [7, 11) is -2.54. The lowest BCUT2D eigenvalue weighted by atomic mass is 9.95. The number of ether oxygens (including phenoxy) is 1. The largest absolute Gasteiger partial charge is 0.497 e. The van der Waals surface area contributed by atoms with Gasteiger partial charge in [0.2, 0.25) is 0 Å². The third-order valence-electron chi connectivity index (χ3n) is 5.46. The Kier molecular flexibility index (Phi) is 5.76. The Balaban J connectivity index is 1.79. The van der Waals surface area contributed by atoms with Crippen molar-refractivity contribution in [2.45, 2.75) is 36.0 Å². The lowest BCUT2D eigenvalue weighted by Gasteiger charge is -2.38. The van der Waals surface area contributed by atoms with Crippen LogP contribution in [0.5, 0.6) is 5.75 Å². The maximum absolute atomic E-state index is 13.2. The van der Waals surface area contributed by atoms with Crippen molar-refractivity contribution >= 4 is 15.8 Å². The number of aliphatic carboxylic acids is 1. The Morgan fingerprint density at radius 1 is 1.07 bits per heavy atom. The highest BCUT2D eigenvalue weighted by Crippen LogP contribution is 2.36. The SMILES string of the molecule is COc1ccc(S(=O)(=O)C2(C(=O)O)CCN(Cc3ccc(C)cc3)CC2)cc1. The molecule has 3 rings (SSSR count). The maximum Gasteiger partial charge on any atom is 0.325 e. The van der Waals surface area contributed by atoms with Gasteiger partial charge in [0.15, 0.2) is 14.6 Å². The fourth-order valence-corrected chi connectivity index (χ4v) is 5.50. The van der Waals surface area contributed by atoms with Gasteiger partial charge in [0.05, 0.1) is 12.0 Å². The number of nitrogens with zero attached hydrogens (tertiary/aromatic N) is 1. The number of hydrogen-bond acceptors (Lipinski definition) is 5. The lowest BCUT2D eigenvalue weighted by Crippen LogP contribution is -2.54. The highest BCUT2D eigenvalue weighted by Gasteiger charge is 2.53. The van der Waals surface area contributed by atoms with Crippen LogP contribution in [0.1, 0.15) is 24.0 Å². The van der Waals surface area contributed by atoms with Crippen LogP contribution >= 0.6 is 0 Å². The molecule has 0 saturated carbocycles. The molecule has 1 aliphatic rings. The summed E-state index contributed by atoms with van der Waals surface area (Å²) < 4.78 is 29.7. The van der Waals surface area contributed by atoms with Gasteiger partial charge in [-0.05, 0) is 49.6 Å². The number of rotatable bonds is 6. The van der Waals surface area contributed by atoms with Crippen molar-refractivity contribution in [3.63, 3.8) is 0 Å². The number of piperidine rings is 1. The van der Waals surface area contributed by atoms with Crippen molar-refractivity contribution in [2.24, 2.45) is 0 Å². The van der Waals surface area contributed by atoms with Gasteiger partial charge in [0, 0.05) is 19.6 Å². The third kappa shape index (κ3) is 3.77. The van der Waals surface area contributed by atoms with Crippen molar-refractivity contribution in [1.82, 2.24) is 4.90 Å². The Morgan fingerprint density at radius 3 is 2.14 bits per heavy atom. The molecular weight excluding hydrogens is 378 g/mol. The van der Waals surface area contributed by atoms with E-state index in [1.165, 1.54) is 36.9 Å². The number of methoxy groups -OCH3 is 1. The fourth-order valence-electron chi connectivity index (χ4n) is 3.60. The molecule has 0 aromatic heterocycles. The second-order valence-electron chi connectivity index (χ2n) is 7.24. The number of sulfone groups is 1. The first-order valence-corrected chi connectivity index (χ1v) is 10.7. The van der Waals surface area contributed by atoms with Gasteiger partial charge >= 0.3 is 5.97 Å². The van der Waals surface area contributed by atoms with Crippen LogP contribution in [-0.2, 0) is 21.2 Å². The summed E-state index contributed by atoms with van der Waals surface area (Å²) >= 11 is 0. The van der Waals surface area contributed by atoms with Crippen LogP contribution in [0.15, 0.2) is 53.4 Å². The molecule has 6 nitrogen and oxygen atoms in total. The summed E-state index contributed by atoms with van der Waals surface area (Å²) in [6.07, 6.45) is 0.116. The van der Waals surface area contributed by atoms with E-state index < -0.39 is 20.6 Å². The zero-order valence-corrected chi connectivity index (χ0v) is 16.9. The standard InChI is InChI=1S/C21H25NO5S/c1-16-3-5-17(6-4-16)15-22-13-11-21(12-14-22,20(23)24)28(25,26)19-9-7-18(27-2)8-10-19/h3-10H,11-15H2,1-2H3,(H,23,24). The van der Waals surface area contributed by atoms with Crippen LogP contribution in [0.25, 0.3) is 0 Å². The van der Waals surface area contributed by atoms with E-state index in [1.54, 1.807) is 0 Å². The molecule has 0 radical (unpaired) electrons. The molecule has 2 aromatic carbocycles. The number of carbonyl (C=O) groups is 1. The Morgan fingerprint density at radius 2 is 1.64 bits per heavy atom. The molecule has 7 heteroatoms. The quantitative estimate of drug-likeness (QED) is 0.798. The summed E-state index contributed by atoms with van der Waals surface area (Å²) in [6, 6.07) is 14.1. The second kappa shape index (κ2) is 7.93. The lowest BCUT2D eigenvalue weighted by molar-refractivity contribution is -0.141. The molecule has 1 aliphatic heterocycles. The Hall–Kier alpha value is -2.38. The average Bonchev–Trinajstić information content (AvgIpc) is 2.70. The Labute approximate surface area is 165 Å². The van der Waals surface area contributed by atoms with Gasteiger partial charge in [0.25, 0.3) is 0 Å². The monoisotopic (exact) mass is 403 g/mol. The van der Waals surface area contributed by atoms with E-state index in [0.717, 1.165) is 5.56 Å². The van der Waals surface area contributed by atoms with Crippen LogP contribution in [0.4, 0.5) is 0 Å².